The molecule has 1 aliphatic rings. The van der Waals surface area contributed by atoms with E-state index < -0.39 is 38.7 Å². The zero-order chi connectivity index (χ0) is 33.9. The first-order valence-corrected chi connectivity index (χ1v) is 16.5. The molecule has 1 unspecified atom stereocenters. The lowest BCUT2D eigenvalue weighted by Crippen LogP contribution is -2.47. The van der Waals surface area contributed by atoms with Crippen molar-refractivity contribution in [1.29, 1.82) is 0 Å². The first kappa shape index (κ1) is 35.4. The van der Waals surface area contributed by atoms with Crippen molar-refractivity contribution in [2.24, 2.45) is 5.92 Å². The Morgan fingerprint density at radius 1 is 1.04 bits per heavy atom. The number of halogens is 3. The maximum atomic E-state index is 14.0. The summed E-state index contributed by atoms with van der Waals surface area (Å²) in [7, 11) is -1.84. The van der Waals surface area contributed by atoms with E-state index in [2.05, 4.69) is 17.4 Å². The van der Waals surface area contributed by atoms with Crippen LogP contribution in [0.1, 0.15) is 48.9 Å². The third-order valence-corrected chi connectivity index (χ3v) is 10.2. The lowest BCUT2D eigenvalue weighted by Gasteiger charge is -2.31. The average Bonchev–Trinajstić information content (AvgIpc) is 3.39. The number of carboxylic acid groups (broad SMARTS) is 1. The van der Waals surface area contributed by atoms with Crippen LogP contribution in [-0.2, 0) is 40.3 Å². The molecule has 0 heterocycles. The number of hydrogen-bond donors (Lipinski definition) is 3. The summed E-state index contributed by atoms with van der Waals surface area (Å²) >= 11 is 0. The van der Waals surface area contributed by atoms with Gasteiger partial charge in [-0.3, -0.25) is 4.79 Å². The number of aryl methyl sites for hydroxylation is 1. The van der Waals surface area contributed by atoms with Crippen molar-refractivity contribution in [2.45, 2.75) is 68.7 Å². The van der Waals surface area contributed by atoms with Crippen LogP contribution in [-0.4, -0.2) is 67.8 Å². The first-order valence-electron chi connectivity index (χ1n) is 15.1. The molecule has 1 atom stereocenters. The molecule has 0 spiro atoms. The molecular weight excluding hydrogens is 621 g/mol. The minimum atomic E-state index is -4.84. The van der Waals surface area contributed by atoms with Crippen molar-refractivity contribution in [2.75, 3.05) is 27.2 Å². The largest absolute Gasteiger partial charge is 0.496 e. The van der Waals surface area contributed by atoms with Gasteiger partial charge in [0.2, 0.25) is 10.0 Å². The summed E-state index contributed by atoms with van der Waals surface area (Å²) < 4.78 is 75.1. The van der Waals surface area contributed by atoms with E-state index in [4.69, 9.17) is 9.84 Å². The number of sulfonamides is 1. The Balaban J connectivity index is 1.49. The van der Waals surface area contributed by atoms with Gasteiger partial charge in [0.1, 0.15) is 5.75 Å². The number of rotatable bonds is 14. The summed E-state index contributed by atoms with van der Waals surface area (Å²) in [4.78, 5) is 10.5. The first-order chi connectivity index (χ1) is 21.5. The van der Waals surface area contributed by atoms with Gasteiger partial charge in [0.15, 0.2) is 0 Å². The molecule has 46 heavy (non-hydrogen) atoms. The van der Waals surface area contributed by atoms with E-state index in [9.17, 15) is 31.5 Å². The Kier molecular flexibility index (Phi) is 10.9. The molecule has 0 saturated heterocycles. The Morgan fingerprint density at radius 2 is 1.70 bits per heavy atom. The minimum Gasteiger partial charge on any atom is -0.496 e. The molecule has 250 valence electrons. The Bertz CT molecular complexity index is 1630. The van der Waals surface area contributed by atoms with Gasteiger partial charge in [0.05, 0.1) is 23.7 Å². The van der Waals surface area contributed by atoms with Crippen LogP contribution in [0.3, 0.4) is 0 Å². The molecule has 4 rings (SSSR count). The molecule has 0 bridgehead atoms. The lowest BCUT2D eigenvalue weighted by atomic mass is 9.88. The van der Waals surface area contributed by atoms with Gasteiger partial charge in [-0.25, -0.2) is 8.42 Å². The second-order valence-corrected chi connectivity index (χ2v) is 14.7. The molecule has 0 aliphatic heterocycles. The smallest absolute Gasteiger partial charge is 0.416 e. The van der Waals surface area contributed by atoms with Gasteiger partial charge in [-0.05, 0) is 104 Å². The Hall–Kier alpha value is -3.45. The molecular formula is C34H41F3N2O6S. The maximum absolute atomic E-state index is 14.0. The number of aliphatic hydroxyl groups excluding tert-OH is 1. The number of ether oxygens (including phenoxy) is 1. The number of carbonyl (C=O) groups is 1. The van der Waals surface area contributed by atoms with Crippen LogP contribution in [0.5, 0.6) is 5.75 Å². The van der Waals surface area contributed by atoms with Crippen LogP contribution in [0.2, 0.25) is 0 Å². The predicted octanol–water partition coefficient (Wildman–Crippen LogP) is 5.55. The number of methoxy groups -OCH3 is 1. The van der Waals surface area contributed by atoms with Crippen LogP contribution >= 0.6 is 0 Å². The number of nitrogens with one attached hydrogen (secondary N) is 1. The fourth-order valence-electron chi connectivity index (χ4n) is 6.10. The van der Waals surface area contributed by atoms with Crippen molar-refractivity contribution >= 4 is 16.0 Å². The quantitative estimate of drug-likeness (QED) is 0.207. The highest BCUT2D eigenvalue weighted by atomic mass is 32.2. The molecule has 0 saturated carbocycles. The third-order valence-electron chi connectivity index (χ3n) is 8.38. The van der Waals surface area contributed by atoms with Crippen molar-refractivity contribution in [3.63, 3.8) is 0 Å². The van der Waals surface area contributed by atoms with Gasteiger partial charge < -0.3 is 20.3 Å². The summed E-state index contributed by atoms with van der Waals surface area (Å²) in [6.07, 6.45) is -3.32. The van der Waals surface area contributed by atoms with E-state index >= 15 is 0 Å². The minimum absolute atomic E-state index is 0.0148. The van der Waals surface area contributed by atoms with Gasteiger partial charge in [-0.2, -0.15) is 17.5 Å². The van der Waals surface area contributed by atoms with Crippen LogP contribution in [0, 0.1) is 5.92 Å². The highest BCUT2D eigenvalue weighted by Gasteiger charge is 2.34. The molecule has 0 radical (unpaired) electrons. The summed E-state index contributed by atoms with van der Waals surface area (Å²) in [5.74, 6) is -0.249. The number of β-amino-alcohol motifs (C(OH)–C–C–N with tert-alkyl or cyclic N) is 1. The number of hydrogen-bond acceptors (Lipinski definition) is 6. The second-order valence-electron chi connectivity index (χ2n) is 12.6. The van der Waals surface area contributed by atoms with Gasteiger partial charge in [0.25, 0.3) is 0 Å². The number of aliphatic hydroxyl groups is 1. The van der Waals surface area contributed by atoms with Gasteiger partial charge in [0, 0.05) is 32.1 Å². The number of nitrogens with zero attached hydrogens (tertiary/aromatic N) is 1. The number of carboxylic acids is 1. The van der Waals surface area contributed by atoms with E-state index in [1.807, 2.05) is 26.0 Å². The van der Waals surface area contributed by atoms with Crippen LogP contribution in [0.15, 0.2) is 65.6 Å². The molecule has 0 fully saturated rings. The summed E-state index contributed by atoms with van der Waals surface area (Å²) in [5.41, 5.74) is 1.90. The van der Waals surface area contributed by atoms with Crippen molar-refractivity contribution < 1.29 is 41.3 Å². The molecule has 12 heteroatoms. The highest BCUT2D eigenvalue weighted by molar-refractivity contribution is 7.89. The monoisotopic (exact) mass is 662 g/mol. The van der Waals surface area contributed by atoms with E-state index in [1.165, 1.54) is 43.5 Å². The number of benzene rings is 3. The van der Waals surface area contributed by atoms with Crippen LogP contribution < -0.4 is 10.1 Å². The average molecular weight is 663 g/mol. The molecule has 0 aromatic heterocycles. The predicted molar refractivity (Wildman–Crippen MR) is 169 cm³/mol. The molecule has 3 N–H and O–H groups in total. The molecule has 3 aromatic carbocycles. The lowest BCUT2D eigenvalue weighted by molar-refractivity contribution is -0.138. The van der Waals surface area contributed by atoms with E-state index in [-0.39, 0.29) is 42.6 Å². The van der Waals surface area contributed by atoms with Crippen molar-refractivity contribution in [3.05, 3.63) is 82.9 Å². The van der Waals surface area contributed by atoms with Gasteiger partial charge >= 0.3 is 12.1 Å². The van der Waals surface area contributed by atoms with Crippen LogP contribution in [0.4, 0.5) is 13.2 Å². The van der Waals surface area contributed by atoms with Gasteiger partial charge in [-0.1, -0.05) is 30.3 Å². The molecule has 8 nitrogen and oxygen atoms in total. The molecule has 0 amide bonds. The molecule has 1 aliphatic carbocycles. The van der Waals surface area contributed by atoms with Crippen molar-refractivity contribution in [1.82, 2.24) is 9.62 Å². The third kappa shape index (κ3) is 8.87. The standard InChI is InChI=1S/C34H41F3N2O6S/c1-33(2,19-22-13-23-7-5-6-8-24(23)14-22)38-20-29(40)21-39(3)46(43,44)30-17-27(16-28(18-30)34(35,36)37)25-9-11-31(45-4)26(15-25)10-12-32(41)42/h5-9,11,15-18,22,29,38,40H,10,12-14,19-21H2,1-4H3,(H,41,42). The summed E-state index contributed by atoms with van der Waals surface area (Å²) in [6, 6.07) is 15.4. The van der Waals surface area contributed by atoms with E-state index in [0.717, 1.165) is 35.7 Å². The number of likely N-dealkylation sites (N-methyl/N-ethyl adjacent to an activating group) is 1. The summed E-state index contributed by atoms with van der Waals surface area (Å²) in [5, 5.41) is 23.2. The van der Waals surface area contributed by atoms with E-state index in [1.54, 1.807) is 0 Å². The fourth-order valence-corrected chi connectivity index (χ4v) is 7.38. The SMILES string of the molecule is COc1ccc(-c2cc(C(F)(F)F)cc(S(=O)(=O)N(C)CC(O)CNC(C)(C)CC3Cc4ccccc4C3)c2)cc1CCC(=O)O. The maximum Gasteiger partial charge on any atom is 0.416 e. The Morgan fingerprint density at radius 3 is 2.28 bits per heavy atom. The van der Waals surface area contributed by atoms with Crippen molar-refractivity contribution in [3.8, 4) is 16.9 Å². The zero-order valence-electron chi connectivity index (χ0n) is 26.4. The second kappa shape index (κ2) is 14.1. The summed E-state index contributed by atoms with van der Waals surface area (Å²) in [6.45, 7) is 3.80. The zero-order valence-corrected chi connectivity index (χ0v) is 27.2. The van der Waals surface area contributed by atoms with E-state index in [0.29, 0.717) is 23.3 Å². The number of alkyl halides is 3. The molecule has 3 aromatic rings. The normalized spacial score (nSPS) is 14.8. The fraction of sp³-hybridized carbons (Fsp3) is 0.441. The Labute approximate surface area is 268 Å². The van der Waals surface area contributed by atoms with Crippen LogP contribution in [0.25, 0.3) is 11.1 Å². The highest BCUT2D eigenvalue weighted by Crippen LogP contribution is 2.37. The number of fused-ring (bicyclic) bond motifs is 1. The topological polar surface area (TPSA) is 116 Å². The van der Waals surface area contributed by atoms with Gasteiger partial charge in [-0.15, -0.1) is 0 Å². The number of aliphatic carboxylic acids is 1.